The molecule has 0 atom stereocenters. The van der Waals surface area contributed by atoms with E-state index in [9.17, 15) is 13.2 Å². The fourth-order valence-electron chi connectivity index (χ4n) is 3.84. The van der Waals surface area contributed by atoms with Crippen LogP contribution in [0, 0.1) is 0 Å². The second-order valence-electron chi connectivity index (χ2n) is 7.61. The summed E-state index contributed by atoms with van der Waals surface area (Å²) >= 11 is 0. The van der Waals surface area contributed by atoms with Crippen molar-refractivity contribution in [3.05, 3.63) is 36.2 Å². The quantitative estimate of drug-likeness (QED) is 0.631. The van der Waals surface area contributed by atoms with E-state index in [1.54, 1.807) is 46.2 Å². The molecule has 0 radical (unpaired) electrons. The van der Waals surface area contributed by atoms with Crippen LogP contribution in [0.1, 0.15) is 50.0 Å². The van der Waals surface area contributed by atoms with E-state index in [0.717, 1.165) is 25.7 Å². The number of hydrogen-bond donors (Lipinski definition) is 1. The summed E-state index contributed by atoms with van der Waals surface area (Å²) in [6.45, 7) is 4.30. The van der Waals surface area contributed by atoms with E-state index in [1.807, 2.05) is 0 Å². The van der Waals surface area contributed by atoms with E-state index in [-0.39, 0.29) is 16.7 Å². The summed E-state index contributed by atoms with van der Waals surface area (Å²) in [5.41, 5.74) is 0.799. The monoisotopic (exact) mass is 449 g/mol. The molecule has 1 amide bonds. The maximum atomic E-state index is 12.9. The third kappa shape index (κ3) is 5.04. The molecule has 1 aliphatic rings. The van der Waals surface area contributed by atoms with Crippen molar-refractivity contribution in [3.63, 3.8) is 0 Å². The molecular weight excluding hydrogens is 418 g/mol. The van der Waals surface area contributed by atoms with Crippen LogP contribution in [-0.2, 0) is 17.1 Å². The van der Waals surface area contributed by atoms with Gasteiger partial charge in [-0.15, -0.1) is 0 Å². The average Bonchev–Trinajstić information content (AvgIpc) is 3.39. The zero-order valence-corrected chi connectivity index (χ0v) is 19.4. The van der Waals surface area contributed by atoms with Gasteiger partial charge in [-0.3, -0.25) is 4.79 Å². The highest BCUT2D eigenvalue weighted by atomic mass is 32.2. The van der Waals surface area contributed by atoms with Gasteiger partial charge in [0.15, 0.2) is 11.5 Å². The zero-order chi connectivity index (χ0) is 22.6. The van der Waals surface area contributed by atoms with Crippen molar-refractivity contribution in [3.8, 4) is 11.5 Å². The number of nitrogens with one attached hydrogen (secondary N) is 1. The normalized spacial score (nSPS) is 14.7. The SMILES string of the molecule is CCN(CC)S(=O)(=O)c1cc(C(=O)Nc2ccc(OC)c(OC3CCCC3)c2)n(C)c1. The summed E-state index contributed by atoms with van der Waals surface area (Å²) in [4.78, 5) is 13.0. The minimum atomic E-state index is -3.64. The first-order chi connectivity index (χ1) is 14.8. The number of sulfonamides is 1. The fourth-order valence-corrected chi connectivity index (χ4v) is 5.37. The molecule has 1 heterocycles. The molecule has 1 aromatic carbocycles. The van der Waals surface area contributed by atoms with E-state index in [2.05, 4.69) is 5.32 Å². The Morgan fingerprint density at radius 1 is 1.16 bits per heavy atom. The van der Waals surface area contributed by atoms with Crippen LogP contribution in [0.4, 0.5) is 5.69 Å². The Kier molecular flexibility index (Phi) is 7.27. The molecule has 2 aromatic rings. The van der Waals surface area contributed by atoms with Gasteiger partial charge in [-0.25, -0.2) is 8.42 Å². The van der Waals surface area contributed by atoms with Gasteiger partial charge in [-0.1, -0.05) is 13.8 Å². The third-order valence-corrected chi connectivity index (χ3v) is 7.59. The molecule has 170 valence electrons. The van der Waals surface area contributed by atoms with E-state index in [0.29, 0.717) is 30.3 Å². The largest absolute Gasteiger partial charge is 0.493 e. The summed E-state index contributed by atoms with van der Waals surface area (Å²) < 4.78 is 39.9. The number of methoxy groups -OCH3 is 1. The Morgan fingerprint density at radius 2 is 1.84 bits per heavy atom. The topological polar surface area (TPSA) is 89.9 Å². The summed E-state index contributed by atoms with van der Waals surface area (Å²) in [5.74, 6) is 0.792. The van der Waals surface area contributed by atoms with Crippen LogP contribution in [0.25, 0.3) is 0 Å². The number of amides is 1. The van der Waals surface area contributed by atoms with Crippen molar-refractivity contribution >= 4 is 21.6 Å². The van der Waals surface area contributed by atoms with Crippen molar-refractivity contribution in [2.75, 3.05) is 25.5 Å². The maximum Gasteiger partial charge on any atom is 0.272 e. The molecule has 1 aliphatic carbocycles. The maximum absolute atomic E-state index is 12.9. The second-order valence-corrected chi connectivity index (χ2v) is 9.54. The Bertz CT molecular complexity index is 1020. The average molecular weight is 450 g/mol. The van der Waals surface area contributed by atoms with Crippen LogP contribution in [-0.4, -0.2) is 49.5 Å². The van der Waals surface area contributed by atoms with E-state index >= 15 is 0 Å². The van der Waals surface area contributed by atoms with Crippen LogP contribution >= 0.6 is 0 Å². The fraction of sp³-hybridized carbons (Fsp3) is 0.500. The summed E-state index contributed by atoms with van der Waals surface area (Å²) in [7, 11) is -0.411. The highest BCUT2D eigenvalue weighted by molar-refractivity contribution is 7.89. The number of carbonyl (C=O) groups is 1. The first-order valence-electron chi connectivity index (χ1n) is 10.6. The molecule has 0 spiro atoms. The van der Waals surface area contributed by atoms with Gasteiger partial charge in [0.05, 0.1) is 13.2 Å². The van der Waals surface area contributed by atoms with Gasteiger partial charge in [-0.05, 0) is 43.9 Å². The molecule has 0 bridgehead atoms. The highest BCUT2D eigenvalue weighted by Crippen LogP contribution is 2.34. The number of aryl methyl sites for hydroxylation is 1. The van der Waals surface area contributed by atoms with Crippen molar-refractivity contribution in [2.24, 2.45) is 7.05 Å². The van der Waals surface area contributed by atoms with Gasteiger partial charge < -0.3 is 19.4 Å². The minimum Gasteiger partial charge on any atom is -0.493 e. The van der Waals surface area contributed by atoms with Gasteiger partial charge >= 0.3 is 0 Å². The molecule has 0 saturated heterocycles. The lowest BCUT2D eigenvalue weighted by Gasteiger charge is -2.17. The number of benzene rings is 1. The molecule has 9 heteroatoms. The van der Waals surface area contributed by atoms with E-state index < -0.39 is 15.9 Å². The molecule has 1 saturated carbocycles. The van der Waals surface area contributed by atoms with Gasteiger partial charge in [-0.2, -0.15) is 4.31 Å². The Labute approximate surface area is 184 Å². The van der Waals surface area contributed by atoms with E-state index in [1.165, 1.54) is 21.1 Å². The first-order valence-corrected chi connectivity index (χ1v) is 12.1. The molecule has 31 heavy (non-hydrogen) atoms. The predicted octanol–water partition coefficient (Wildman–Crippen LogP) is 3.64. The van der Waals surface area contributed by atoms with Crippen LogP contribution in [0.3, 0.4) is 0 Å². The van der Waals surface area contributed by atoms with Crippen LogP contribution in [0.15, 0.2) is 35.4 Å². The summed E-state index contributed by atoms with van der Waals surface area (Å²) in [5, 5.41) is 2.83. The lowest BCUT2D eigenvalue weighted by Crippen LogP contribution is -2.30. The Hall–Kier alpha value is -2.52. The number of rotatable bonds is 9. The molecule has 1 fully saturated rings. The molecule has 1 N–H and O–H groups in total. The van der Waals surface area contributed by atoms with Crippen LogP contribution < -0.4 is 14.8 Å². The molecule has 0 aliphatic heterocycles. The summed E-state index contributed by atoms with van der Waals surface area (Å²) in [6, 6.07) is 6.63. The van der Waals surface area contributed by atoms with Crippen molar-refractivity contribution in [2.45, 2.75) is 50.5 Å². The van der Waals surface area contributed by atoms with Crippen LogP contribution in [0.2, 0.25) is 0 Å². The van der Waals surface area contributed by atoms with Gasteiger partial charge in [0, 0.05) is 38.1 Å². The minimum absolute atomic E-state index is 0.101. The number of anilines is 1. The molecule has 1 aromatic heterocycles. The van der Waals surface area contributed by atoms with Gasteiger partial charge in [0.25, 0.3) is 5.91 Å². The predicted molar refractivity (Wildman–Crippen MR) is 119 cm³/mol. The summed E-state index contributed by atoms with van der Waals surface area (Å²) in [6.07, 6.45) is 5.93. The number of ether oxygens (including phenoxy) is 2. The molecule has 0 unspecified atom stereocenters. The number of nitrogens with zero attached hydrogens (tertiary/aromatic N) is 2. The Balaban J connectivity index is 1.81. The highest BCUT2D eigenvalue weighted by Gasteiger charge is 2.25. The van der Waals surface area contributed by atoms with Gasteiger partial charge in [0.2, 0.25) is 10.0 Å². The van der Waals surface area contributed by atoms with Gasteiger partial charge in [0.1, 0.15) is 10.6 Å². The van der Waals surface area contributed by atoms with Crippen molar-refractivity contribution < 1.29 is 22.7 Å². The number of hydrogen-bond acceptors (Lipinski definition) is 5. The molecule has 8 nitrogen and oxygen atoms in total. The zero-order valence-electron chi connectivity index (χ0n) is 18.6. The van der Waals surface area contributed by atoms with Crippen molar-refractivity contribution in [1.82, 2.24) is 8.87 Å². The second kappa shape index (κ2) is 9.74. The standard InChI is InChI=1S/C22H31N3O5S/c1-5-25(6-2)31(27,28)18-14-19(24(3)15-18)22(26)23-16-11-12-20(29-4)21(13-16)30-17-9-7-8-10-17/h11-15,17H,5-10H2,1-4H3,(H,23,26). The Morgan fingerprint density at radius 3 is 2.45 bits per heavy atom. The molecular formula is C22H31N3O5S. The lowest BCUT2D eigenvalue weighted by molar-refractivity contribution is 0.101. The number of aromatic nitrogens is 1. The number of carbonyl (C=O) groups excluding carboxylic acids is 1. The van der Waals surface area contributed by atoms with Crippen LogP contribution in [0.5, 0.6) is 11.5 Å². The smallest absolute Gasteiger partial charge is 0.272 e. The van der Waals surface area contributed by atoms with E-state index in [4.69, 9.17) is 9.47 Å². The first kappa shape index (κ1) is 23.1. The third-order valence-electron chi connectivity index (χ3n) is 5.57. The van der Waals surface area contributed by atoms with Crippen molar-refractivity contribution in [1.29, 1.82) is 0 Å². The lowest BCUT2D eigenvalue weighted by atomic mass is 10.2. The molecule has 3 rings (SSSR count).